The molecular formula is C13H20F3NO3. The summed E-state index contributed by atoms with van der Waals surface area (Å²) in [7, 11) is 0. The molecule has 0 aromatic carbocycles. The fraction of sp³-hybridized carbons (Fsp3) is 0.846. The summed E-state index contributed by atoms with van der Waals surface area (Å²) in [6, 6.07) is -0.0938. The first-order chi connectivity index (χ1) is 9.28. The zero-order valence-electron chi connectivity index (χ0n) is 11.7. The van der Waals surface area contributed by atoms with Crippen LogP contribution in [0.1, 0.15) is 39.5 Å². The molecule has 1 heterocycles. The van der Waals surface area contributed by atoms with Gasteiger partial charge in [-0.05, 0) is 25.2 Å². The SMILES string of the molecule is CCC1CCC(CC)N(C(=O)C(=O)OCC(F)(F)F)C1. The largest absolute Gasteiger partial charge is 0.449 e. The van der Waals surface area contributed by atoms with E-state index in [4.69, 9.17) is 0 Å². The summed E-state index contributed by atoms with van der Waals surface area (Å²) >= 11 is 0. The van der Waals surface area contributed by atoms with E-state index in [1.165, 1.54) is 4.90 Å². The number of hydrogen-bond acceptors (Lipinski definition) is 3. The number of halogens is 3. The fourth-order valence-corrected chi connectivity index (χ4v) is 2.44. The lowest BCUT2D eigenvalue weighted by Gasteiger charge is -2.38. The van der Waals surface area contributed by atoms with Gasteiger partial charge in [-0.2, -0.15) is 13.2 Å². The van der Waals surface area contributed by atoms with Gasteiger partial charge in [0, 0.05) is 12.6 Å². The third-order valence-corrected chi connectivity index (χ3v) is 3.65. The lowest BCUT2D eigenvalue weighted by molar-refractivity contribution is -0.190. The van der Waals surface area contributed by atoms with Crippen LogP contribution in [0.3, 0.4) is 0 Å². The minimum absolute atomic E-state index is 0.0938. The number of nitrogens with zero attached hydrogens (tertiary/aromatic N) is 1. The Morgan fingerprint density at radius 2 is 1.85 bits per heavy atom. The predicted octanol–water partition coefficient (Wildman–Crippen LogP) is 2.52. The highest BCUT2D eigenvalue weighted by atomic mass is 19.4. The van der Waals surface area contributed by atoms with Crippen LogP contribution < -0.4 is 0 Å². The molecule has 2 atom stereocenters. The van der Waals surface area contributed by atoms with Gasteiger partial charge in [-0.1, -0.05) is 20.3 Å². The van der Waals surface area contributed by atoms with Crippen molar-refractivity contribution in [1.82, 2.24) is 4.90 Å². The van der Waals surface area contributed by atoms with Gasteiger partial charge >= 0.3 is 18.1 Å². The Balaban J connectivity index is 2.64. The number of ether oxygens (including phenoxy) is 1. The minimum atomic E-state index is -4.62. The van der Waals surface area contributed by atoms with Gasteiger partial charge in [0.25, 0.3) is 0 Å². The van der Waals surface area contributed by atoms with Crippen molar-refractivity contribution < 1.29 is 27.5 Å². The first-order valence-electron chi connectivity index (χ1n) is 6.83. The third kappa shape index (κ3) is 4.68. The van der Waals surface area contributed by atoms with Gasteiger partial charge in [-0.25, -0.2) is 4.79 Å². The molecule has 0 spiro atoms. The van der Waals surface area contributed by atoms with E-state index in [1.54, 1.807) is 0 Å². The Bertz CT molecular complexity index is 357. The number of hydrogen-bond donors (Lipinski definition) is 0. The van der Waals surface area contributed by atoms with Crippen LogP contribution in [0, 0.1) is 5.92 Å². The standard InChI is InChI=1S/C13H20F3NO3/c1-3-9-5-6-10(4-2)17(7-9)11(18)12(19)20-8-13(14,15)16/h9-10H,3-8H2,1-2H3. The molecule has 1 saturated heterocycles. The summed E-state index contributed by atoms with van der Waals surface area (Å²) < 4.78 is 40.0. The maximum atomic E-state index is 12.0. The van der Waals surface area contributed by atoms with Crippen molar-refractivity contribution >= 4 is 11.9 Å². The lowest BCUT2D eigenvalue weighted by atomic mass is 9.90. The molecule has 7 heteroatoms. The third-order valence-electron chi connectivity index (χ3n) is 3.65. The number of likely N-dealkylation sites (tertiary alicyclic amines) is 1. The van der Waals surface area contributed by atoms with Crippen molar-refractivity contribution in [3.63, 3.8) is 0 Å². The van der Waals surface area contributed by atoms with Crippen LogP contribution in [0.2, 0.25) is 0 Å². The van der Waals surface area contributed by atoms with Crippen molar-refractivity contribution in [1.29, 1.82) is 0 Å². The monoisotopic (exact) mass is 295 g/mol. The molecular weight excluding hydrogens is 275 g/mol. The van der Waals surface area contributed by atoms with E-state index in [1.807, 2.05) is 13.8 Å². The van der Waals surface area contributed by atoms with Crippen LogP contribution in [0.5, 0.6) is 0 Å². The van der Waals surface area contributed by atoms with Crippen molar-refractivity contribution in [2.75, 3.05) is 13.2 Å². The van der Waals surface area contributed by atoms with Gasteiger partial charge in [0.15, 0.2) is 6.61 Å². The Morgan fingerprint density at radius 1 is 1.20 bits per heavy atom. The Hall–Kier alpha value is -1.27. The molecule has 1 aliphatic heterocycles. The molecule has 1 rings (SSSR count). The molecule has 0 radical (unpaired) electrons. The predicted molar refractivity (Wildman–Crippen MR) is 65.8 cm³/mol. The number of rotatable bonds is 3. The van der Waals surface area contributed by atoms with Gasteiger partial charge in [0.2, 0.25) is 0 Å². The molecule has 0 aromatic heterocycles. The molecule has 4 nitrogen and oxygen atoms in total. The van der Waals surface area contributed by atoms with E-state index in [2.05, 4.69) is 4.74 Å². The summed E-state index contributed by atoms with van der Waals surface area (Å²) in [5.41, 5.74) is 0. The lowest BCUT2D eigenvalue weighted by Crippen LogP contribution is -2.49. The maximum absolute atomic E-state index is 12.0. The summed E-state index contributed by atoms with van der Waals surface area (Å²) in [5, 5.41) is 0. The van der Waals surface area contributed by atoms with Crippen LogP contribution in [-0.2, 0) is 14.3 Å². The van der Waals surface area contributed by atoms with Gasteiger partial charge in [0.1, 0.15) is 0 Å². The molecule has 116 valence electrons. The highest BCUT2D eigenvalue weighted by Gasteiger charge is 2.36. The molecule has 0 bridgehead atoms. The highest BCUT2D eigenvalue weighted by Crippen LogP contribution is 2.26. The molecule has 0 saturated carbocycles. The first kappa shape index (κ1) is 16.8. The second-order valence-electron chi connectivity index (χ2n) is 5.06. The summed E-state index contributed by atoms with van der Waals surface area (Å²) in [4.78, 5) is 24.7. The van der Waals surface area contributed by atoms with E-state index >= 15 is 0 Å². The number of piperidine rings is 1. The normalized spacial score (nSPS) is 23.6. The Labute approximate surface area is 116 Å². The zero-order chi connectivity index (χ0) is 15.3. The van der Waals surface area contributed by atoms with Crippen LogP contribution in [-0.4, -0.2) is 42.1 Å². The first-order valence-corrected chi connectivity index (χ1v) is 6.83. The fourth-order valence-electron chi connectivity index (χ4n) is 2.44. The Morgan fingerprint density at radius 3 is 2.35 bits per heavy atom. The van der Waals surface area contributed by atoms with E-state index < -0.39 is 24.7 Å². The summed E-state index contributed by atoms with van der Waals surface area (Å²) in [6.07, 6.45) is -1.33. The average Bonchev–Trinajstić information content (AvgIpc) is 2.42. The number of amides is 1. The molecule has 0 aromatic rings. The summed E-state index contributed by atoms with van der Waals surface area (Å²) in [5.74, 6) is -2.09. The second kappa shape index (κ2) is 6.95. The van der Waals surface area contributed by atoms with Crippen molar-refractivity contribution in [2.24, 2.45) is 5.92 Å². The smallest absolute Gasteiger partial charge is 0.422 e. The topological polar surface area (TPSA) is 46.6 Å². The second-order valence-corrected chi connectivity index (χ2v) is 5.06. The highest BCUT2D eigenvalue weighted by molar-refractivity contribution is 6.32. The van der Waals surface area contributed by atoms with E-state index in [0.717, 1.165) is 19.3 Å². The van der Waals surface area contributed by atoms with Crippen molar-refractivity contribution in [3.8, 4) is 0 Å². The minimum Gasteiger partial charge on any atom is -0.449 e. The van der Waals surface area contributed by atoms with Crippen LogP contribution >= 0.6 is 0 Å². The molecule has 1 fully saturated rings. The average molecular weight is 295 g/mol. The van der Waals surface area contributed by atoms with Crippen LogP contribution in [0.25, 0.3) is 0 Å². The van der Waals surface area contributed by atoms with Crippen LogP contribution in [0.4, 0.5) is 13.2 Å². The molecule has 0 N–H and O–H groups in total. The quantitative estimate of drug-likeness (QED) is 0.594. The van der Waals surface area contributed by atoms with Gasteiger partial charge in [-0.15, -0.1) is 0 Å². The molecule has 1 aliphatic rings. The van der Waals surface area contributed by atoms with Gasteiger partial charge in [-0.3, -0.25) is 4.79 Å². The van der Waals surface area contributed by atoms with Crippen LogP contribution in [0.15, 0.2) is 0 Å². The maximum Gasteiger partial charge on any atom is 0.422 e. The van der Waals surface area contributed by atoms with Gasteiger partial charge in [0.05, 0.1) is 0 Å². The number of alkyl halides is 3. The van der Waals surface area contributed by atoms with E-state index in [-0.39, 0.29) is 12.0 Å². The van der Waals surface area contributed by atoms with Crippen molar-refractivity contribution in [3.05, 3.63) is 0 Å². The number of carbonyl (C=O) groups excluding carboxylic acids is 2. The number of carbonyl (C=O) groups is 2. The molecule has 1 amide bonds. The molecule has 0 aliphatic carbocycles. The van der Waals surface area contributed by atoms with Crippen molar-refractivity contribution in [2.45, 2.75) is 51.7 Å². The van der Waals surface area contributed by atoms with E-state index in [9.17, 15) is 22.8 Å². The number of esters is 1. The Kier molecular flexibility index (Phi) is 5.83. The summed E-state index contributed by atoms with van der Waals surface area (Å²) in [6.45, 7) is 2.56. The zero-order valence-corrected chi connectivity index (χ0v) is 11.7. The van der Waals surface area contributed by atoms with Gasteiger partial charge < -0.3 is 9.64 Å². The molecule has 2 unspecified atom stereocenters. The molecule has 20 heavy (non-hydrogen) atoms. The van der Waals surface area contributed by atoms with E-state index in [0.29, 0.717) is 13.0 Å².